The number of benzene rings is 1. The van der Waals surface area contributed by atoms with E-state index in [0.29, 0.717) is 0 Å². The molecule has 0 atom stereocenters. The van der Waals surface area contributed by atoms with Crippen LogP contribution in [0, 0.1) is 11.6 Å². The maximum absolute atomic E-state index is 13.1. The maximum atomic E-state index is 13.1. The van der Waals surface area contributed by atoms with E-state index in [4.69, 9.17) is 11.6 Å². The van der Waals surface area contributed by atoms with Crippen molar-refractivity contribution in [3.8, 4) is 0 Å². The van der Waals surface area contributed by atoms with E-state index >= 15 is 0 Å². The standard InChI is InChI=1S/C12H12ClF2NO3/c1-16(4-3-11(17)19-2)12(18)7-5-9(14)10(15)6-8(7)13/h5-6H,3-4H2,1-2H3. The fourth-order valence-electron chi connectivity index (χ4n) is 1.35. The zero-order chi connectivity index (χ0) is 14.6. The first-order valence-corrected chi connectivity index (χ1v) is 5.71. The van der Waals surface area contributed by atoms with Crippen LogP contribution < -0.4 is 0 Å². The Balaban J connectivity index is 2.82. The number of hydrogen-bond donors (Lipinski definition) is 0. The van der Waals surface area contributed by atoms with E-state index in [2.05, 4.69) is 4.74 Å². The number of amides is 1. The van der Waals surface area contributed by atoms with Crippen LogP contribution in [-0.2, 0) is 9.53 Å². The van der Waals surface area contributed by atoms with Gasteiger partial charge < -0.3 is 9.64 Å². The molecular weight excluding hydrogens is 280 g/mol. The van der Waals surface area contributed by atoms with Crippen LogP contribution >= 0.6 is 11.6 Å². The van der Waals surface area contributed by atoms with Gasteiger partial charge in [0.15, 0.2) is 11.6 Å². The SMILES string of the molecule is COC(=O)CCN(C)C(=O)c1cc(F)c(F)cc1Cl. The summed E-state index contributed by atoms with van der Waals surface area (Å²) in [7, 11) is 2.65. The molecule has 1 aromatic carbocycles. The van der Waals surface area contributed by atoms with Crippen LogP contribution in [0.2, 0.25) is 5.02 Å². The van der Waals surface area contributed by atoms with Gasteiger partial charge in [0.1, 0.15) is 0 Å². The lowest BCUT2D eigenvalue weighted by atomic mass is 10.2. The largest absolute Gasteiger partial charge is 0.469 e. The van der Waals surface area contributed by atoms with Crippen molar-refractivity contribution in [2.75, 3.05) is 20.7 Å². The number of hydrogen-bond acceptors (Lipinski definition) is 3. The first-order valence-electron chi connectivity index (χ1n) is 5.33. The number of esters is 1. The number of carbonyl (C=O) groups is 2. The number of nitrogens with zero attached hydrogens (tertiary/aromatic N) is 1. The van der Waals surface area contributed by atoms with Crippen molar-refractivity contribution in [2.24, 2.45) is 0 Å². The first-order chi connectivity index (χ1) is 8.86. The van der Waals surface area contributed by atoms with Gasteiger partial charge in [0.25, 0.3) is 5.91 Å². The summed E-state index contributed by atoms with van der Waals surface area (Å²) in [5, 5.41) is -0.186. The molecule has 0 N–H and O–H groups in total. The number of halogens is 3. The number of carbonyl (C=O) groups excluding carboxylic acids is 2. The van der Waals surface area contributed by atoms with Gasteiger partial charge in [0.2, 0.25) is 0 Å². The molecule has 19 heavy (non-hydrogen) atoms. The Kier molecular flexibility index (Phi) is 5.23. The van der Waals surface area contributed by atoms with Crippen LogP contribution in [0.15, 0.2) is 12.1 Å². The minimum atomic E-state index is -1.16. The topological polar surface area (TPSA) is 46.6 Å². The lowest BCUT2D eigenvalue weighted by Gasteiger charge is -2.17. The molecule has 0 spiro atoms. The predicted molar refractivity (Wildman–Crippen MR) is 65.0 cm³/mol. The fraction of sp³-hybridized carbons (Fsp3) is 0.333. The Hall–Kier alpha value is -1.69. The molecule has 0 radical (unpaired) electrons. The van der Waals surface area contributed by atoms with E-state index < -0.39 is 23.5 Å². The van der Waals surface area contributed by atoms with Gasteiger partial charge in [0, 0.05) is 13.6 Å². The summed E-state index contributed by atoms with van der Waals surface area (Å²) in [6.07, 6.45) is 0.0000356. The van der Waals surface area contributed by atoms with E-state index in [0.717, 1.165) is 12.1 Å². The molecule has 1 aromatic rings. The minimum Gasteiger partial charge on any atom is -0.469 e. The molecule has 4 nitrogen and oxygen atoms in total. The lowest BCUT2D eigenvalue weighted by Crippen LogP contribution is -2.29. The normalized spacial score (nSPS) is 10.2. The highest BCUT2D eigenvalue weighted by Crippen LogP contribution is 2.21. The number of ether oxygens (including phenoxy) is 1. The van der Waals surface area contributed by atoms with Crippen LogP contribution in [0.1, 0.15) is 16.8 Å². The first kappa shape index (κ1) is 15.4. The Morgan fingerprint density at radius 1 is 1.32 bits per heavy atom. The van der Waals surface area contributed by atoms with Gasteiger partial charge in [-0.15, -0.1) is 0 Å². The molecule has 0 bridgehead atoms. The third kappa shape index (κ3) is 3.89. The molecule has 0 aliphatic carbocycles. The van der Waals surface area contributed by atoms with Gasteiger partial charge in [-0.2, -0.15) is 0 Å². The molecule has 0 saturated heterocycles. The summed E-state index contributed by atoms with van der Waals surface area (Å²) in [4.78, 5) is 24.1. The lowest BCUT2D eigenvalue weighted by molar-refractivity contribution is -0.140. The van der Waals surface area contributed by atoms with Crippen LogP contribution in [0.25, 0.3) is 0 Å². The van der Waals surface area contributed by atoms with Crippen molar-refractivity contribution in [3.05, 3.63) is 34.4 Å². The summed E-state index contributed by atoms with van der Waals surface area (Å²) in [5.74, 6) is -3.36. The second-order valence-corrected chi connectivity index (χ2v) is 4.21. The quantitative estimate of drug-likeness (QED) is 0.631. The Morgan fingerprint density at radius 2 is 1.89 bits per heavy atom. The summed E-state index contributed by atoms with van der Waals surface area (Å²) in [6.45, 7) is 0.0842. The molecule has 0 unspecified atom stereocenters. The Morgan fingerprint density at radius 3 is 2.47 bits per heavy atom. The average molecular weight is 292 g/mol. The third-order valence-electron chi connectivity index (χ3n) is 2.47. The molecule has 0 aliphatic heterocycles. The van der Waals surface area contributed by atoms with Crippen LogP contribution in [-0.4, -0.2) is 37.5 Å². The number of rotatable bonds is 4. The van der Waals surface area contributed by atoms with Gasteiger partial charge in [-0.25, -0.2) is 8.78 Å². The molecule has 1 amide bonds. The molecule has 0 aliphatic rings. The van der Waals surface area contributed by atoms with E-state index in [1.54, 1.807) is 0 Å². The Bertz CT molecular complexity index is 508. The summed E-state index contributed by atoms with van der Waals surface area (Å²) in [6, 6.07) is 1.47. The van der Waals surface area contributed by atoms with Crippen molar-refractivity contribution in [1.82, 2.24) is 4.90 Å². The predicted octanol–water partition coefficient (Wildman–Crippen LogP) is 2.25. The zero-order valence-electron chi connectivity index (χ0n) is 10.4. The van der Waals surface area contributed by atoms with Crippen LogP contribution in [0.5, 0.6) is 0 Å². The van der Waals surface area contributed by atoms with Gasteiger partial charge >= 0.3 is 5.97 Å². The highest BCUT2D eigenvalue weighted by atomic mass is 35.5. The van der Waals surface area contributed by atoms with Gasteiger partial charge in [-0.3, -0.25) is 9.59 Å². The maximum Gasteiger partial charge on any atom is 0.307 e. The fourth-order valence-corrected chi connectivity index (χ4v) is 1.59. The zero-order valence-corrected chi connectivity index (χ0v) is 11.1. The summed E-state index contributed by atoms with van der Waals surface area (Å²) >= 11 is 5.68. The highest BCUT2D eigenvalue weighted by Gasteiger charge is 2.19. The highest BCUT2D eigenvalue weighted by molar-refractivity contribution is 6.33. The smallest absolute Gasteiger partial charge is 0.307 e. The summed E-state index contributed by atoms with van der Waals surface area (Å²) < 4.78 is 30.4. The molecule has 0 saturated carbocycles. The molecule has 1 rings (SSSR count). The van der Waals surface area contributed by atoms with E-state index in [9.17, 15) is 18.4 Å². The molecular formula is C12H12ClF2NO3. The van der Waals surface area contributed by atoms with Crippen LogP contribution in [0.4, 0.5) is 8.78 Å². The Labute approximate surface area is 113 Å². The summed E-state index contributed by atoms with van der Waals surface area (Å²) in [5.41, 5.74) is -0.159. The molecule has 0 heterocycles. The van der Waals surface area contributed by atoms with Crippen molar-refractivity contribution >= 4 is 23.5 Å². The monoisotopic (exact) mass is 291 g/mol. The molecule has 0 aromatic heterocycles. The van der Waals surface area contributed by atoms with E-state index in [-0.39, 0.29) is 23.6 Å². The van der Waals surface area contributed by atoms with Crippen LogP contribution in [0.3, 0.4) is 0 Å². The average Bonchev–Trinajstić information content (AvgIpc) is 2.38. The van der Waals surface area contributed by atoms with Crippen molar-refractivity contribution in [3.63, 3.8) is 0 Å². The molecule has 7 heteroatoms. The molecule has 104 valence electrons. The van der Waals surface area contributed by atoms with E-state index in [1.165, 1.54) is 19.1 Å². The van der Waals surface area contributed by atoms with Crippen molar-refractivity contribution in [1.29, 1.82) is 0 Å². The van der Waals surface area contributed by atoms with E-state index in [1.807, 2.05) is 0 Å². The second-order valence-electron chi connectivity index (χ2n) is 3.80. The van der Waals surface area contributed by atoms with Gasteiger partial charge in [0.05, 0.1) is 24.1 Å². The van der Waals surface area contributed by atoms with Crippen molar-refractivity contribution < 1.29 is 23.1 Å². The van der Waals surface area contributed by atoms with Crippen molar-refractivity contribution in [2.45, 2.75) is 6.42 Å². The minimum absolute atomic E-state index is 0.0000356. The van der Waals surface area contributed by atoms with Gasteiger partial charge in [-0.1, -0.05) is 11.6 Å². The number of methoxy groups -OCH3 is 1. The van der Waals surface area contributed by atoms with Gasteiger partial charge in [-0.05, 0) is 12.1 Å². The molecule has 0 fully saturated rings. The second kappa shape index (κ2) is 6.47. The third-order valence-corrected chi connectivity index (χ3v) is 2.78.